The van der Waals surface area contributed by atoms with Gasteiger partial charge in [-0.15, -0.1) is 0 Å². The number of anilines is 2. The number of hydrogen-bond donors (Lipinski definition) is 1. The Morgan fingerprint density at radius 2 is 1.91 bits per heavy atom. The second-order valence-electron chi connectivity index (χ2n) is 7.97. The first-order chi connectivity index (χ1) is 16.4. The van der Waals surface area contributed by atoms with E-state index in [4.69, 9.17) is 9.57 Å². The van der Waals surface area contributed by atoms with Gasteiger partial charge in [0.2, 0.25) is 0 Å². The number of nitrogens with one attached hydrogen (secondary N) is 1. The Hall–Kier alpha value is -3.31. The Kier molecular flexibility index (Phi) is 7.53. The SMILES string of the molecule is O=C(NC[C@H]1CN(c2ccc(N3CCON(Cc4ccccc4)CC3)c(F)c2)C(=O)O1)C(F)F. The summed E-state index contributed by atoms with van der Waals surface area (Å²) >= 11 is 0. The van der Waals surface area contributed by atoms with Crippen LogP contribution in [0.15, 0.2) is 48.5 Å². The Morgan fingerprint density at radius 1 is 1.12 bits per heavy atom. The lowest BCUT2D eigenvalue weighted by Crippen LogP contribution is -2.37. The summed E-state index contributed by atoms with van der Waals surface area (Å²) in [5.74, 6) is -1.94. The van der Waals surface area contributed by atoms with Crippen LogP contribution in [-0.4, -0.2) is 68.9 Å². The molecule has 8 nitrogen and oxygen atoms in total. The first kappa shape index (κ1) is 23.8. The van der Waals surface area contributed by atoms with Gasteiger partial charge < -0.3 is 15.0 Å². The number of cyclic esters (lactones) is 1. The van der Waals surface area contributed by atoms with Gasteiger partial charge in [-0.1, -0.05) is 30.3 Å². The normalized spacial score (nSPS) is 19.3. The summed E-state index contributed by atoms with van der Waals surface area (Å²) < 4.78 is 44.7. The van der Waals surface area contributed by atoms with E-state index in [1.54, 1.807) is 12.1 Å². The van der Waals surface area contributed by atoms with Crippen LogP contribution in [0, 0.1) is 5.82 Å². The van der Waals surface area contributed by atoms with Crippen molar-refractivity contribution in [2.24, 2.45) is 0 Å². The van der Waals surface area contributed by atoms with Crippen molar-refractivity contribution in [3.8, 4) is 0 Å². The molecule has 4 rings (SSSR count). The number of carbonyl (C=O) groups excluding carboxylic acids is 2. The minimum atomic E-state index is -3.15. The van der Waals surface area contributed by atoms with Gasteiger partial charge in [-0.2, -0.15) is 13.8 Å². The fraction of sp³-hybridized carbons (Fsp3) is 0.391. The highest BCUT2D eigenvalue weighted by molar-refractivity contribution is 5.90. The van der Waals surface area contributed by atoms with Crippen molar-refractivity contribution in [1.29, 1.82) is 0 Å². The molecule has 2 aliphatic heterocycles. The zero-order valence-corrected chi connectivity index (χ0v) is 18.3. The Labute approximate surface area is 194 Å². The molecule has 0 aromatic heterocycles. The van der Waals surface area contributed by atoms with E-state index in [1.807, 2.05) is 45.6 Å². The molecule has 2 heterocycles. The summed E-state index contributed by atoms with van der Waals surface area (Å²) in [7, 11) is 0. The molecule has 0 bridgehead atoms. The molecule has 2 aromatic carbocycles. The van der Waals surface area contributed by atoms with Gasteiger partial charge in [-0.25, -0.2) is 9.18 Å². The van der Waals surface area contributed by atoms with Crippen molar-refractivity contribution in [2.75, 3.05) is 49.1 Å². The topological polar surface area (TPSA) is 74.4 Å². The van der Waals surface area contributed by atoms with Crippen LogP contribution in [0.4, 0.5) is 29.3 Å². The van der Waals surface area contributed by atoms with Crippen molar-refractivity contribution in [3.05, 3.63) is 59.9 Å². The van der Waals surface area contributed by atoms with Crippen LogP contribution in [0.25, 0.3) is 0 Å². The molecule has 1 atom stereocenters. The molecule has 34 heavy (non-hydrogen) atoms. The lowest BCUT2D eigenvalue weighted by Gasteiger charge is -2.24. The first-order valence-electron chi connectivity index (χ1n) is 10.9. The van der Waals surface area contributed by atoms with Gasteiger partial charge in [-0.3, -0.25) is 14.5 Å². The van der Waals surface area contributed by atoms with Crippen LogP contribution in [-0.2, 0) is 20.9 Å². The number of hydroxylamine groups is 2. The number of ether oxygens (including phenoxy) is 1. The van der Waals surface area contributed by atoms with Crippen molar-refractivity contribution >= 4 is 23.4 Å². The van der Waals surface area contributed by atoms with Crippen LogP contribution in [0.5, 0.6) is 0 Å². The van der Waals surface area contributed by atoms with E-state index in [-0.39, 0.29) is 18.8 Å². The second-order valence-corrected chi connectivity index (χ2v) is 7.97. The van der Waals surface area contributed by atoms with E-state index in [9.17, 15) is 18.4 Å². The smallest absolute Gasteiger partial charge is 0.414 e. The van der Waals surface area contributed by atoms with Gasteiger partial charge in [0.15, 0.2) is 0 Å². The van der Waals surface area contributed by atoms with Gasteiger partial charge in [-0.05, 0) is 23.8 Å². The number of alkyl halides is 2. The van der Waals surface area contributed by atoms with E-state index < -0.39 is 30.3 Å². The quantitative estimate of drug-likeness (QED) is 0.660. The number of halogens is 3. The molecule has 2 fully saturated rings. The Bertz CT molecular complexity index is 1010. The lowest BCUT2D eigenvalue weighted by molar-refractivity contribution is -0.154. The van der Waals surface area contributed by atoms with Crippen molar-refractivity contribution in [1.82, 2.24) is 10.4 Å². The molecule has 0 spiro atoms. The average molecular weight is 478 g/mol. The van der Waals surface area contributed by atoms with Crippen molar-refractivity contribution < 1.29 is 32.3 Å². The van der Waals surface area contributed by atoms with E-state index in [2.05, 4.69) is 0 Å². The summed E-state index contributed by atoms with van der Waals surface area (Å²) in [4.78, 5) is 32.1. The fourth-order valence-corrected chi connectivity index (χ4v) is 3.89. The number of carbonyl (C=O) groups is 2. The zero-order valence-electron chi connectivity index (χ0n) is 18.3. The van der Waals surface area contributed by atoms with E-state index in [0.29, 0.717) is 38.5 Å². The molecule has 11 heteroatoms. The predicted octanol–water partition coefficient (Wildman–Crippen LogP) is 2.79. The summed E-state index contributed by atoms with van der Waals surface area (Å²) in [5, 5.41) is 3.87. The molecule has 2 amide bonds. The molecular formula is C23H25F3N4O4. The maximum atomic E-state index is 15.0. The average Bonchev–Trinajstić information content (AvgIpc) is 3.04. The molecule has 2 aliphatic rings. The molecule has 0 saturated carbocycles. The third-order valence-electron chi connectivity index (χ3n) is 5.62. The largest absolute Gasteiger partial charge is 0.442 e. The van der Waals surface area contributed by atoms with Crippen LogP contribution in [0.2, 0.25) is 0 Å². The number of hydrogen-bond acceptors (Lipinski definition) is 6. The summed E-state index contributed by atoms with van der Waals surface area (Å²) in [6.45, 7) is 2.43. The predicted molar refractivity (Wildman–Crippen MR) is 118 cm³/mol. The molecule has 2 saturated heterocycles. The van der Waals surface area contributed by atoms with E-state index >= 15 is 4.39 Å². The molecule has 182 valence electrons. The monoisotopic (exact) mass is 478 g/mol. The summed E-state index contributed by atoms with van der Waals surface area (Å²) in [6.07, 6.45) is -4.69. The van der Waals surface area contributed by atoms with Crippen LogP contribution in [0.3, 0.4) is 0 Å². The number of nitrogens with zero attached hydrogens (tertiary/aromatic N) is 3. The van der Waals surface area contributed by atoms with Gasteiger partial charge in [0.1, 0.15) is 11.9 Å². The van der Waals surface area contributed by atoms with Crippen molar-refractivity contribution in [2.45, 2.75) is 19.1 Å². The van der Waals surface area contributed by atoms with Gasteiger partial charge in [0.05, 0.1) is 31.1 Å². The lowest BCUT2D eigenvalue weighted by atomic mass is 10.2. The number of amides is 2. The summed E-state index contributed by atoms with van der Waals surface area (Å²) in [6, 6.07) is 14.4. The van der Waals surface area contributed by atoms with E-state index in [1.165, 1.54) is 11.0 Å². The molecule has 0 aliphatic carbocycles. The van der Waals surface area contributed by atoms with Gasteiger partial charge >= 0.3 is 12.5 Å². The Balaban J connectivity index is 1.35. The van der Waals surface area contributed by atoms with Crippen LogP contribution >= 0.6 is 0 Å². The molecule has 0 radical (unpaired) electrons. The minimum absolute atomic E-state index is 0.00708. The number of benzene rings is 2. The molecular weight excluding hydrogens is 453 g/mol. The highest BCUT2D eigenvalue weighted by Gasteiger charge is 2.33. The van der Waals surface area contributed by atoms with Crippen LogP contribution in [0.1, 0.15) is 5.56 Å². The molecule has 2 aromatic rings. The maximum absolute atomic E-state index is 15.0. The maximum Gasteiger partial charge on any atom is 0.414 e. The molecule has 0 unspecified atom stereocenters. The fourth-order valence-electron chi connectivity index (χ4n) is 3.89. The third kappa shape index (κ3) is 5.78. The highest BCUT2D eigenvalue weighted by Crippen LogP contribution is 2.28. The van der Waals surface area contributed by atoms with Crippen molar-refractivity contribution in [3.63, 3.8) is 0 Å². The number of rotatable bonds is 7. The first-order valence-corrected chi connectivity index (χ1v) is 10.9. The highest BCUT2D eigenvalue weighted by atomic mass is 19.3. The second kappa shape index (κ2) is 10.7. The van der Waals surface area contributed by atoms with Gasteiger partial charge in [0, 0.05) is 26.2 Å². The standard InChI is InChI=1S/C23H25F3N4O4/c24-19-12-17(30-15-18(34-23(30)32)13-27-22(31)21(25)26)6-7-20(19)28-8-9-29(33-11-10-28)14-16-4-2-1-3-5-16/h1-7,12,18,21H,8-11,13-15H2,(H,27,31)/t18-/m0/s1. The Morgan fingerprint density at radius 3 is 2.65 bits per heavy atom. The third-order valence-corrected chi connectivity index (χ3v) is 5.62. The summed E-state index contributed by atoms with van der Waals surface area (Å²) in [5.41, 5.74) is 1.80. The van der Waals surface area contributed by atoms with E-state index in [0.717, 1.165) is 5.56 Å². The van der Waals surface area contributed by atoms with Crippen LogP contribution < -0.4 is 15.1 Å². The zero-order chi connectivity index (χ0) is 24.1. The molecule has 1 N–H and O–H groups in total. The minimum Gasteiger partial charge on any atom is -0.442 e. The van der Waals surface area contributed by atoms with Gasteiger partial charge in [0.25, 0.3) is 5.91 Å².